The van der Waals surface area contributed by atoms with Crippen LogP contribution >= 0.6 is 0 Å². The molecular weight excluding hydrogens is 241 g/mol. The predicted octanol–water partition coefficient (Wildman–Crippen LogP) is 3.21. The summed E-state index contributed by atoms with van der Waals surface area (Å²) in [4.78, 5) is 4.58. The Balaban J connectivity index is 2.76. The molecule has 0 saturated heterocycles. The lowest BCUT2D eigenvalue weighted by atomic mass is 9.81. The van der Waals surface area contributed by atoms with Gasteiger partial charge in [-0.3, -0.25) is 0 Å². The summed E-state index contributed by atoms with van der Waals surface area (Å²) < 4.78 is 16.0. The van der Waals surface area contributed by atoms with Gasteiger partial charge in [0.05, 0.1) is 5.52 Å². The van der Waals surface area contributed by atoms with E-state index in [1.165, 1.54) is 6.07 Å². The van der Waals surface area contributed by atoms with Crippen LogP contribution in [0.25, 0.3) is 11.0 Å². The second-order valence-corrected chi connectivity index (χ2v) is 4.98. The molecule has 0 spiro atoms. The van der Waals surface area contributed by atoms with Crippen LogP contribution in [-0.4, -0.2) is 16.1 Å². The van der Waals surface area contributed by atoms with Gasteiger partial charge in [0, 0.05) is 18.5 Å². The summed E-state index contributed by atoms with van der Waals surface area (Å²) >= 11 is 0. The number of nitrogens with two attached hydrogens (primary N) is 1. The van der Waals surface area contributed by atoms with Gasteiger partial charge in [-0.25, -0.2) is 9.37 Å². The molecule has 3 nitrogen and oxygen atoms in total. The van der Waals surface area contributed by atoms with Gasteiger partial charge in [-0.05, 0) is 31.9 Å². The highest BCUT2D eigenvalue weighted by Crippen LogP contribution is 2.33. The van der Waals surface area contributed by atoms with Gasteiger partial charge in [-0.1, -0.05) is 19.9 Å². The van der Waals surface area contributed by atoms with Crippen LogP contribution in [0.4, 0.5) is 4.39 Å². The van der Waals surface area contributed by atoms with Crippen LogP contribution in [0.15, 0.2) is 18.2 Å². The fraction of sp³-hybridized carbons (Fsp3) is 0.533. The summed E-state index contributed by atoms with van der Waals surface area (Å²) in [5, 5.41) is 0. The molecule has 0 fully saturated rings. The minimum Gasteiger partial charge on any atom is -0.329 e. The average molecular weight is 263 g/mol. The fourth-order valence-corrected chi connectivity index (χ4v) is 2.78. The Morgan fingerprint density at radius 1 is 1.26 bits per heavy atom. The first kappa shape index (κ1) is 14.0. The molecule has 0 aliphatic heterocycles. The molecule has 0 bridgehead atoms. The molecule has 0 aliphatic rings. The molecule has 2 rings (SSSR count). The van der Waals surface area contributed by atoms with E-state index < -0.39 is 0 Å². The van der Waals surface area contributed by atoms with E-state index in [4.69, 9.17) is 5.73 Å². The monoisotopic (exact) mass is 263 g/mol. The van der Waals surface area contributed by atoms with Crippen molar-refractivity contribution in [2.75, 3.05) is 6.54 Å². The number of aryl methyl sites for hydroxylation is 1. The zero-order valence-corrected chi connectivity index (χ0v) is 11.9. The summed E-state index contributed by atoms with van der Waals surface area (Å²) in [5.41, 5.74) is 7.15. The highest BCUT2D eigenvalue weighted by molar-refractivity contribution is 5.77. The molecule has 2 aromatic rings. The zero-order valence-electron chi connectivity index (χ0n) is 11.9. The third-order valence-electron chi connectivity index (χ3n) is 4.26. The van der Waals surface area contributed by atoms with E-state index >= 15 is 0 Å². The molecule has 4 heteroatoms. The Bertz CT molecular complexity index is 562. The van der Waals surface area contributed by atoms with Gasteiger partial charge in [-0.15, -0.1) is 0 Å². The van der Waals surface area contributed by atoms with Crippen LogP contribution < -0.4 is 5.73 Å². The van der Waals surface area contributed by atoms with Crippen molar-refractivity contribution in [1.82, 2.24) is 9.55 Å². The van der Waals surface area contributed by atoms with Gasteiger partial charge in [0.1, 0.15) is 11.3 Å². The molecule has 2 N–H and O–H groups in total. The van der Waals surface area contributed by atoms with Crippen LogP contribution in [0, 0.1) is 5.82 Å². The first-order valence-corrected chi connectivity index (χ1v) is 6.98. The van der Waals surface area contributed by atoms with Gasteiger partial charge in [-0.2, -0.15) is 0 Å². The summed E-state index contributed by atoms with van der Waals surface area (Å²) in [6.45, 7) is 7.60. The van der Waals surface area contributed by atoms with Gasteiger partial charge in [0.2, 0.25) is 0 Å². The Hall–Kier alpha value is -1.42. The van der Waals surface area contributed by atoms with E-state index in [9.17, 15) is 4.39 Å². The standard InChI is InChI=1S/C15H22FN3/c1-4-15(5-2,10-17)14-18-13-11(16)8-7-9-12(13)19(14)6-3/h7-9H,4-6,10,17H2,1-3H3. The van der Waals surface area contributed by atoms with Crippen LogP contribution in [0.5, 0.6) is 0 Å². The number of para-hydroxylation sites is 1. The molecule has 0 aliphatic carbocycles. The molecular formula is C15H22FN3. The highest BCUT2D eigenvalue weighted by Gasteiger charge is 2.32. The summed E-state index contributed by atoms with van der Waals surface area (Å²) in [5.74, 6) is 0.659. The largest absolute Gasteiger partial charge is 0.329 e. The van der Waals surface area contributed by atoms with Gasteiger partial charge < -0.3 is 10.3 Å². The van der Waals surface area contributed by atoms with E-state index in [0.717, 1.165) is 30.7 Å². The Morgan fingerprint density at radius 3 is 2.47 bits per heavy atom. The number of benzene rings is 1. The maximum absolute atomic E-state index is 13.9. The first-order valence-electron chi connectivity index (χ1n) is 6.98. The maximum Gasteiger partial charge on any atom is 0.151 e. The molecule has 1 aromatic heterocycles. The second-order valence-electron chi connectivity index (χ2n) is 4.98. The predicted molar refractivity (Wildman–Crippen MR) is 76.7 cm³/mol. The highest BCUT2D eigenvalue weighted by atomic mass is 19.1. The van der Waals surface area contributed by atoms with Crippen molar-refractivity contribution in [1.29, 1.82) is 0 Å². The lowest BCUT2D eigenvalue weighted by Crippen LogP contribution is -2.36. The van der Waals surface area contributed by atoms with E-state index in [0.29, 0.717) is 12.1 Å². The lowest BCUT2D eigenvalue weighted by Gasteiger charge is -2.30. The minimum absolute atomic E-state index is 0.165. The smallest absolute Gasteiger partial charge is 0.151 e. The van der Waals surface area contributed by atoms with Crippen molar-refractivity contribution >= 4 is 11.0 Å². The van der Waals surface area contributed by atoms with Crippen molar-refractivity contribution in [3.8, 4) is 0 Å². The molecule has 0 amide bonds. The van der Waals surface area contributed by atoms with Gasteiger partial charge >= 0.3 is 0 Å². The number of rotatable bonds is 5. The van der Waals surface area contributed by atoms with E-state index in [1.807, 2.05) is 6.07 Å². The van der Waals surface area contributed by atoms with Crippen LogP contribution in [0.3, 0.4) is 0 Å². The van der Waals surface area contributed by atoms with Crippen LogP contribution in [0.1, 0.15) is 39.4 Å². The SMILES string of the molecule is CCn1c(C(CC)(CC)CN)nc2c(F)cccc21. The van der Waals surface area contributed by atoms with E-state index in [2.05, 4.69) is 30.3 Å². The summed E-state index contributed by atoms with van der Waals surface area (Å²) in [6, 6.07) is 5.11. The third kappa shape index (κ3) is 2.04. The molecule has 0 radical (unpaired) electrons. The number of halogens is 1. The van der Waals surface area contributed by atoms with Crippen molar-refractivity contribution in [3.63, 3.8) is 0 Å². The first-order chi connectivity index (χ1) is 9.13. The summed E-state index contributed by atoms with van der Waals surface area (Å²) in [7, 11) is 0. The van der Waals surface area contributed by atoms with E-state index in [-0.39, 0.29) is 11.2 Å². The molecule has 19 heavy (non-hydrogen) atoms. The number of nitrogens with zero attached hydrogens (tertiary/aromatic N) is 2. The number of hydrogen-bond donors (Lipinski definition) is 1. The fourth-order valence-electron chi connectivity index (χ4n) is 2.78. The Morgan fingerprint density at radius 2 is 1.95 bits per heavy atom. The number of hydrogen-bond acceptors (Lipinski definition) is 2. The topological polar surface area (TPSA) is 43.8 Å². The molecule has 1 aromatic carbocycles. The molecule has 0 unspecified atom stereocenters. The van der Waals surface area contributed by atoms with Crippen molar-refractivity contribution in [2.45, 2.75) is 45.6 Å². The third-order valence-corrected chi connectivity index (χ3v) is 4.26. The van der Waals surface area contributed by atoms with Crippen molar-refractivity contribution in [3.05, 3.63) is 29.8 Å². The lowest BCUT2D eigenvalue weighted by molar-refractivity contribution is 0.369. The Kier molecular flexibility index (Phi) is 3.90. The zero-order chi connectivity index (χ0) is 14.0. The number of imidazole rings is 1. The van der Waals surface area contributed by atoms with Gasteiger partial charge in [0.15, 0.2) is 5.82 Å². The Labute approximate surface area is 113 Å². The maximum atomic E-state index is 13.9. The number of fused-ring (bicyclic) bond motifs is 1. The normalized spacial score (nSPS) is 12.3. The quantitative estimate of drug-likeness (QED) is 0.900. The molecule has 0 saturated carbocycles. The molecule has 104 valence electrons. The second kappa shape index (κ2) is 5.29. The molecule has 0 atom stereocenters. The average Bonchev–Trinajstić information content (AvgIpc) is 2.82. The molecule has 1 heterocycles. The van der Waals surface area contributed by atoms with E-state index in [1.54, 1.807) is 6.07 Å². The van der Waals surface area contributed by atoms with Crippen molar-refractivity contribution < 1.29 is 4.39 Å². The summed E-state index contributed by atoms with van der Waals surface area (Å²) in [6.07, 6.45) is 1.82. The minimum atomic E-state index is -0.260. The van der Waals surface area contributed by atoms with Crippen LogP contribution in [-0.2, 0) is 12.0 Å². The van der Waals surface area contributed by atoms with Crippen LogP contribution in [0.2, 0.25) is 0 Å². The number of aromatic nitrogens is 2. The van der Waals surface area contributed by atoms with Crippen molar-refractivity contribution in [2.24, 2.45) is 5.73 Å². The van der Waals surface area contributed by atoms with Gasteiger partial charge in [0.25, 0.3) is 0 Å².